The Morgan fingerprint density at radius 1 is 1.62 bits per heavy atom. The van der Waals surface area contributed by atoms with Gasteiger partial charge in [0.05, 0.1) is 16.6 Å². The van der Waals surface area contributed by atoms with Crippen LogP contribution in [-0.2, 0) is 0 Å². The van der Waals surface area contributed by atoms with Crippen LogP contribution in [0.25, 0.3) is 17.1 Å². The Morgan fingerprint density at radius 2 is 2.44 bits per heavy atom. The van der Waals surface area contributed by atoms with Gasteiger partial charge in [-0.3, -0.25) is 4.98 Å². The number of pyridine rings is 1. The molecule has 16 heavy (non-hydrogen) atoms. The molecule has 0 saturated carbocycles. The molecule has 2 heterocycles. The zero-order valence-electron chi connectivity index (χ0n) is 8.27. The van der Waals surface area contributed by atoms with Crippen LogP contribution in [0.4, 0.5) is 0 Å². The largest absolute Gasteiger partial charge is 0.389 e. The van der Waals surface area contributed by atoms with Gasteiger partial charge in [-0.1, -0.05) is 12.2 Å². The van der Waals surface area contributed by atoms with E-state index >= 15 is 0 Å². The van der Waals surface area contributed by atoms with Gasteiger partial charge in [-0.05, 0) is 18.2 Å². The zero-order valence-corrected chi connectivity index (χ0v) is 9.08. The van der Waals surface area contributed by atoms with E-state index in [1.54, 1.807) is 18.5 Å². The standard InChI is InChI=1S/C11H8N4S/c12-5-7(11(13)16)4-8-6-15-9-2-1-3-14-10(8)9/h1-4,6,15H,(H2,13,16)/b7-4-. The number of rotatable bonds is 2. The van der Waals surface area contributed by atoms with Crippen LogP contribution in [0.2, 0.25) is 0 Å². The molecule has 3 N–H and O–H groups in total. The summed E-state index contributed by atoms with van der Waals surface area (Å²) in [4.78, 5) is 7.37. The van der Waals surface area contributed by atoms with E-state index in [1.807, 2.05) is 18.2 Å². The van der Waals surface area contributed by atoms with Gasteiger partial charge in [0.25, 0.3) is 0 Å². The number of aromatic amines is 1. The number of hydrogen-bond acceptors (Lipinski definition) is 3. The van der Waals surface area contributed by atoms with Crippen LogP contribution in [0.1, 0.15) is 5.56 Å². The molecule has 0 fully saturated rings. The maximum absolute atomic E-state index is 8.85. The summed E-state index contributed by atoms with van der Waals surface area (Å²) in [5.74, 6) is 0. The van der Waals surface area contributed by atoms with Crippen LogP contribution in [-0.4, -0.2) is 15.0 Å². The molecule has 0 atom stereocenters. The molecule has 0 spiro atoms. The molecule has 0 saturated heterocycles. The first kappa shape index (κ1) is 10.3. The molecule has 0 aliphatic rings. The Bertz CT molecular complexity index is 618. The molecule has 0 aliphatic carbocycles. The lowest BCUT2D eigenvalue weighted by molar-refractivity contribution is 1.41. The quantitative estimate of drug-likeness (QED) is 0.466. The highest BCUT2D eigenvalue weighted by Crippen LogP contribution is 2.17. The number of nitriles is 1. The smallest absolute Gasteiger partial charge is 0.114 e. The Kier molecular flexibility index (Phi) is 2.66. The number of nitrogens with zero attached hydrogens (tertiary/aromatic N) is 2. The molecule has 0 radical (unpaired) electrons. The number of hydrogen-bond donors (Lipinski definition) is 2. The third-order valence-corrected chi connectivity index (χ3v) is 2.37. The van der Waals surface area contributed by atoms with E-state index in [0.717, 1.165) is 16.6 Å². The van der Waals surface area contributed by atoms with Gasteiger partial charge in [0.15, 0.2) is 0 Å². The Morgan fingerprint density at radius 3 is 3.12 bits per heavy atom. The molecule has 2 rings (SSSR count). The van der Waals surface area contributed by atoms with E-state index in [-0.39, 0.29) is 10.6 Å². The van der Waals surface area contributed by atoms with Gasteiger partial charge in [-0.2, -0.15) is 5.26 Å². The summed E-state index contributed by atoms with van der Waals surface area (Å²) in [5.41, 5.74) is 8.21. The van der Waals surface area contributed by atoms with Crippen LogP contribution < -0.4 is 5.73 Å². The van der Waals surface area contributed by atoms with Gasteiger partial charge in [-0.25, -0.2) is 0 Å². The van der Waals surface area contributed by atoms with Gasteiger partial charge < -0.3 is 10.7 Å². The van der Waals surface area contributed by atoms with Crippen molar-refractivity contribution >= 4 is 34.3 Å². The van der Waals surface area contributed by atoms with E-state index in [9.17, 15) is 0 Å². The van der Waals surface area contributed by atoms with E-state index in [1.165, 1.54) is 0 Å². The molecule has 0 unspecified atom stereocenters. The maximum Gasteiger partial charge on any atom is 0.114 e. The second-order valence-electron chi connectivity index (χ2n) is 3.18. The second-order valence-corrected chi connectivity index (χ2v) is 3.62. The number of H-pyrrole nitrogens is 1. The van der Waals surface area contributed by atoms with E-state index in [0.29, 0.717) is 0 Å². The summed E-state index contributed by atoms with van der Waals surface area (Å²) in [7, 11) is 0. The van der Waals surface area contributed by atoms with Gasteiger partial charge in [-0.15, -0.1) is 0 Å². The Balaban J connectivity index is 2.57. The minimum absolute atomic E-state index is 0.0905. The summed E-state index contributed by atoms with van der Waals surface area (Å²) in [6.45, 7) is 0. The van der Waals surface area contributed by atoms with Crippen LogP contribution in [0.3, 0.4) is 0 Å². The Hall–Kier alpha value is -2.19. The molecule has 4 nitrogen and oxygen atoms in total. The number of nitrogens with two attached hydrogens (primary N) is 1. The molecule has 0 aliphatic heterocycles. The fraction of sp³-hybridized carbons (Fsp3) is 0. The van der Waals surface area contributed by atoms with Crippen molar-refractivity contribution in [3.63, 3.8) is 0 Å². The molecular formula is C11H8N4S. The molecular weight excluding hydrogens is 220 g/mol. The van der Waals surface area contributed by atoms with Crippen molar-refractivity contribution in [2.24, 2.45) is 5.73 Å². The normalized spacial score (nSPS) is 11.3. The predicted octanol–water partition coefficient (Wildman–Crippen LogP) is 1.76. The number of thiocarbonyl (C=S) groups is 1. The van der Waals surface area contributed by atoms with Crippen molar-refractivity contribution in [2.75, 3.05) is 0 Å². The first-order chi connectivity index (χ1) is 7.72. The lowest BCUT2D eigenvalue weighted by atomic mass is 10.2. The average Bonchev–Trinajstić information content (AvgIpc) is 2.69. The first-order valence-corrected chi connectivity index (χ1v) is 4.97. The highest BCUT2D eigenvalue weighted by atomic mass is 32.1. The fourth-order valence-electron chi connectivity index (χ4n) is 1.40. The second kappa shape index (κ2) is 4.13. The van der Waals surface area contributed by atoms with Gasteiger partial charge in [0.1, 0.15) is 11.1 Å². The maximum atomic E-state index is 8.85. The van der Waals surface area contributed by atoms with Gasteiger partial charge >= 0.3 is 0 Å². The highest BCUT2D eigenvalue weighted by Gasteiger charge is 2.05. The molecule has 0 amide bonds. The molecule has 5 heteroatoms. The zero-order chi connectivity index (χ0) is 11.5. The lowest BCUT2D eigenvalue weighted by Crippen LogP contribution is -2.09. The minimum atomic E-state index is 0.0905. The van der Waals surface area contributed by atoms with Crippen molar-refractivity contribution in [1.29, 1.82) is 5.26 Å². The van der Waals surface area contributed by atoms with Crippen LogP contribution >= 0.6 is 12.2 Å². The first-order valence-electron chi connectivity index (χ1n) is 4.56. The SMILES string of the molecule is N#C/C(=C/c1c[nH]c2cccnc12)C(N)=S. The summed E-state index contributed by atoms with van der Waals surface area (Å²) >= 11 is 4.77. The molecule has 2 aromatic heterocycles. The summed E-state index contributed by atoms with van der Waals surface area (Å²) in [5, 5.41) is 8.85. The van der Waals surface area contributed by atoms with Crippen LogP contribution in [0.5, 0.6) is 0 Å². The lowest BCUT2D eigenvalue weighted by Gasteiger charge is -1.93. The molecule has 0 bridgehead atoms. The highest BCUT2D eigenvalue weighted by molar-refractivity contribution is 7.80. The van der Waals surface area contributed by atoms with Crippen molar-refractivity contribution in [1.82, 2.24) is 9.97 Å². The van der Waals surface area contributed by atoms with Gasteiger partial charge in [0.2, 0.25) is 0 Å². The third kappa shape index (κ3) is 1.78. The van der Waals surface area contributed by atoms with E-state index in [2.05, 4.69) is 9.97 Å². The van der Waals surface area contributed by atoms with Crippen molar-refractivity contribution < 1.29 is 0 Å². The Labute approximate surface area is 97.4 Å². The monoisotopic (exact) mass is 228 g/mol. The van der Waals surface area contributed by atoms with Crippen molar-refractivity contribution in [2.45, 2.75) is 0 Å². The van der Waals surface area contributed by atoms with Crippen LogP contribution in [0, 0.1) is 11.3 Å². The fourth-order valence-corrected chi connectivity index (χ4v) is 1.50. The number of aromatic nitrogens is 2. The van der Waals surface area contributed by atoms with E-state index in [4.69, 9.17) is 23.2 Å². The molecule has 2 aromatic rings. The van der Waals surface area contributed by atoms with Crippen molar-refractivity contribution in [3.8, 4) is 6.07 Å². The average molecular weight is 228 g/mol. The summed E-state index contributed by atoms with van der Waals surface area (Å²) in [6.07, 6.45) is 5.10. The molecule has 0 aromatic carbocycles. The van der Waals surface area contributed by atoms with E-state index < -0.39 is 0 Å². The summed E-state index contributed by atoms with van der Waals surface area (Å²) in [6, 6.07) is 5.71. The van der Waals surface area contributed by atoms with Gasteiger partial charge in [0, 0.05) is 18.0 Å². The number of nitrogens with one attached hydrogen (secondary N) is 1. The summed E-state index contributed by atoms with van der Waals surface area (Å²) < 4.78 is 0. The topological polar surface area (TPSA) is 78.5 Å². The molecule has 78 valence electrons. The van der Waals surface area contributed by atoms with Crippen LogP contribution in [0.15, 0.2) is 30.1 Å². The predicted molar refractivity (Wildman–Crippen MR) is 66.5 cm³/mol. The number of fused-ring (bicyclic) bond motifs is 1. The van der Waals surface area contributed by atoms with Crippen molar-refractivity contribution in [3.05, 3.63) is 35.7 Å². The third-order valence-electron chi connectivity index (χ3n) is 2.15. The minimum Gasteiger partial charge on any atom is -0.389 e.